The highest BCUT2D eigenvalue weighted by molar-refractivity contribution is 7.99. The molecule has 248 valence electrons. The van der Waals surface area contributed by atoms with Gasteiger partial charge in [-0.15, -0.1) is 0 Å². The fraction of sp³-hybridized carbons (Fsp3) is 0.800. The Bertz CT molecular complexity index is 798. The third kappa shape index (κ3) is 20.6. The molecule has 8 heteroatoms. The smallest absolute Gasteiger partial charge is 0.453 e. The number of ether oxygens (including phenoxy) is 3. The lowest BCUT2D eigenvalue weighted by molar-refractivity contribution is -0.197. The van der Waals surface area contributed by atoms with Crippen molar-refractivity contribution in [3.8, 4) is 0 Å². The highest BCUT2D eigenvalue weighted by Crippen LogP contribution is 2.27. The molecule has 0 fully saturated rings. The van der Waals surface area contributed by atoms with Gasteiger partial charge in [-0.2, -0.15) is 11.8 Å². The van der Waals surface area contributed by atoms with E-state index in [4.69, 9.17) is 14.2 Å². The van der Waals surface area contributed by atoms with Crippen molar-refractivity contribution in [2.75, 3.05) is 19.0 Å². The Labute approximate surface area is 269 Å². The van der Waals surface area contributed by atoms with Crippen molar-refractivity contribution in [1.29, 1.82) is 0 Å². The first-order valence-electron chi connectivity index (χ1n) is 17.2. The minimum Gasteiger partial charge on any atom is -0.453 e. The average molecular weight is 642 g/mol. The van der Waals surface area contributed by atoms with E-state index in [1.165, 1.54) is 108 Å². The molecular formula is C35H62O6PS+. The summed E-state index contributed by atoms with van der Waals surface area (Å²) >= 11 is 2.05. The van der Waals surface area contributed by atoms with Gasteiger partial charge in [0.1, 0.15) is 6.61 Å². The lowest BCUT2D eigenvalue weighted by Gasteiger charge is -2.24. The Morgan fingerprint density at radius 2 is 1.37 bits per heavy atom. The molecule has 0 aliphatic rings. The number of thioether (sulfide) groups is 1. The van der Waals surface area contributed by atoms with Gasteiger partial charge in [-0.3, -0.25) is 0 Å². The highest BCUT2D eigenvalue weighted by Gasteiger charge is 2.49. The molecule has 0 heterocycles. The third-order valence-electron chi connectivity index (χ3n) is 7.80. The first-order valence-corrected chi connectivity index (χ1v) is 19.1. The third-order valence-corrected chi connectivity index (χ3v) is 10.0. The van der Waals surface area contributed by atoms with E-state index in [1.54, 1.807) is 12.1 Å². The lowest BCUT2D eigenvalue weighted by atomic mass is 10.1. The Hall–Kier alpha value is -0.980. The summed E-state index contributed by atoms with van der Waals surface area (Å²) in [5, 5.41) is 10.9. The van der Waals surface area contributed by atoms with Crippen LogP contribution in [0.1, 0.15) is 142 Å². The van der Waals surface area contributed by atoms with E-state index in [-0.39, 0.29) is 19.3 Å². The molecule has 0 spiro atoms. The monoisotopic (exact) mass is 641 g/mol. The zero-order valence-electron chi connectivity index (χ0n) is 27.5. The van der Waals surface area contributed by atoms with Gasteiger partial charge >= 0.3 is 20.0 Å². The van der Waals surface area contributed by atoms with Gasteiger partial charge in [0.05, 0.1) is 12.7 Å². The van der Waals surface area contributed by atoms with Gasteiger partial charge in [-0.05, 0) is 37.5 Å². The number of hydrogen-bond acceptors (Lipinski definition) is 7. The van der Waals surface area contributed by atoms with E-state index >= 15 is 0 Å². The van der Waals surface area contributed by atoms with E-state index in [1.807, 2.05) is 18.2 Å². The Kier molecular flexibility index (Phi) is 25.5. The second-order valence-electron chi connectivity index (χ2n) is 11.7. The molecule has 0 amide bonds. The van der Waals surface area contributed by atoms with Gasteiger partial charge in [-0.25, -0.2) is 4.79 Å². The van der Waals surface area contributed by atoms with Crippen LogP contribution in [0.25, 0.3) is 0 Å². The Morgan fingerprint density at radius 3 is 1.95 bits per heavy atom. The van der Waals surface area contributed by atoms with Gasteiger partial charge < -0.3 is 19.3 Å². The van der Waals surface area contributed by atoms with Crippen LogP contribution in [-0.4, -0.2) is 46.9 Å². The normalized spacial score (nSPS) is 14.4. The molecule has 43 heavy (non-hydrogen) atoms. The second-order valence-corrected chi connectivity index (χ2v) is 14.0. The zero-order chi connectivity index (χ0) is 31.4. The maximum Gasteiger partial charge on any atom is 0.470 e. The molecule has 4 unspecified atom stereocenters. The van der Waals surface area contributed by atoms with Crippen molar-refractivity contribution < 1.29 is 28.7 Å². The predicted octanol–water partition coefficient (Wildman–Crippen LogP) is 9.98. The molecule has 0 radical (unpaired) electrons. The largest absolute Gasteiger partial charge is 0.470 e. The van der Waals surface area contributed by atoms with Crippen LogP contribution in [0.15, 0.2) is 30.3 Å². The van der Waals surface area contributed by atoms with Crippen molar-refractivity contribution in [3.63, 3.8) is 0 Å². The van der Waals surface area contributed by atoms with Crippen LogP contribution in [-0.2, 0) is 30.2 Å². The van der Waals surface area contributed by atoms with E-state index in [9.17, 15) is 14.5 Å². The van der Waals surface area contributed by atoms with Crippen molar-refractivity contribution in [2.45, 2.75) is 160 Å². The second kappa shape index (κ2) is 27.3. The van der Waals surface area contributed by atoms with Gasteiger partial charge in [0.25, 0.3) is 0 Å². The van der Waals surface area contributed by atoms with Gasteiger partial charge in [0, 0.05) is 11.9 Å². The maximum absolute atomic E-state index is 12.3. The summed E-state index contributed by atoms with van der Waals surface area (Å²) in [5.74, 6) is 0.136. The summed E-state index contributed by atoms with van der Waals surface area (Å²) in [6.07, 6.45) is 23.1. The molecule has 6 nitrogen and oxygen atoms in total. The molecule has 1 aromatic carbocycles. The van der Waals surface area contributed by atoms with Crippen molar-refractivity contribution in [3.05, 3.63) is 35.9 Å². The van der Waals surface area contributed by atoms with Gasteiger partial charge in [-0.1, -0.05) is 145 Å². The van der Waals surface area contributed by atoms with E-state index in [0.29, 0.717) is 18.3 Å². The number of unbranched alkanes of at least 4 members (excludes halogenated alkanes) is 14. The van der Waals surface area contributed by atoms with Gasteiger partial charge in [0.2, 0.25) is 0 Å². The molecule has 4 atom stereocenters. The molecule has 0 aromatic heterocycles. The first kappa shape index (κ1) is 40.0. The molecule has 0 saturated carbocycles. The van der Waals surface area contributed by atoms with E-state index < -0.39 is 20.0 Å². The molecule has 0 bridgehead atoms. The van der Waals surface area contributed by atoms with Gasteiger partial charge in [0.15, 0.2) is 0 Å². The SMILES string of the molecule is CCCCCCCCCCCCCSC(CCCCCCC)C(C)OCCCOC(O)([PH+]=O)C(=O)OCc1ccccc1. The van der Waals surface area contributed by atoms with Crippen molar-refractivity contribution in [1.82, 2.24) is 0 Å². The summed E-state index contributed by atoms with van der Waals surface area (Å²) < 4.78 is 28.2. The standard InChI is InChI=1S/C35H61O6PS/c1-4-6-8-10-11-12-13-14-15-17-22-29-43-33(26-21-16-9-7-5-2)31(3)39-27-23-28-41-35(37,42-38)34(36)40-30-32-24-19-18-20-25-32/h18-20,24-25,31,33,37H,4-17,21-23,26-30H2,1-3H3/p+1. The number of carbonyl (C=O) groups is 1. The Morgan fingerprint density at radius 1 is 0.814 bits per heavy atom. The van der Waals surface area contributed by atoms with Crippen molar-refractivity contribution >= 4 is 26.2 Å². The van der Waals surface area contributed by atoms with Crippen LogP contribution >= 0.6 is 20.2 Å². The minimum absolute atomic E-state index is 0.0207. The lowest BCUT2D eigenvalue weighted by Crippen LogP contribution is -2.37. The number of esters is 1. The van der Waals surface area contributed by atoms with Crippen LogP contribution in [0.3, 0.4) is 0 Å². The average Bonchev–Trinajstić information content (AvgIpc) is 3.03. The van der Waals surface area contributed by atoms with Crippen LogP contribution < -0.4 is 0 Å². The van der Waals surface area contributed by atoms with Crippen LogP contribution in [0.5, 0.6) is 0 Å². The molecule has 0 aliphatic heterocycles. The fourth-order valence-electron chi connectivity index (χ4n) is 5.01. The topological polar surface area (TPSA) is 82.1 Å². The first-order chi connectivity index (χ1) is 21.0. The highest BCUT2D eigenvalue weighted by atomic mass is 32.2. The predicted molar refractivity (Wildman–Crippen MR) is 182 cm³/mol. The fourth-order valence-corrected chi connectivity index (χ4v) is 6.68. The van der Waals surface area contributed by atoms with Crippen LogP contribution in [0, 0.1) is 0 Å². The molecule has 0 aliphatic carbocycles. The molecule has 0 saturated heterocycles. The summed E-state index contributed by atoms with van der Waals surface area (Å²) in [4.78, 5) is 12.3. The van der Waals surface area contributed by atoms with Crippen LogP contribution in [0.2, 0.25) is 0 Å². The van der Waals surface area contributed by atoms with Crippen LogP contribution in [0.4, 0.5) is 0 Å². The molecule has 1 aromatic rings. The molecular weight excluding hydrogens is 579 g/mol. The number of aliphatic hydroxyl groups is 1. The number of carbonyl (C=O) groups excluding carboxylic acids is 1. The van der Waals surface area contributed by atoms with E-state index in [2.05, 4.69) is 32.5 Å². The molecule has 1 N–H and O–H groups in total. The Balaban J connectivity index is 2.31. The zero-order valence-corrected chi connectivity index (χ0v) is 29.3. The summed E-state index contributed by atoms with van der Waals surface area (Å²) in [6.45, 7) is 7.15. The number of hydrogen-bond donors (Lipinski definition) is 1. The summed E-state index contributed by atoms with van der Waals surface area (Å²) in [6, 6.07) is 9.13. The quantitative estimate of drug-likeness (QED) is 0.0387. The summed E-state index contributed by atoms with van der Waals surface area (Å²) in [5.41, 5.74) is -1.68. The minimum atomic E-state index is -2.45. The summed E-state index contributed by atoms with van der Waals surface area (Å²) in [7, 11) is -1.39. The van der Waals surface area contributed by atoms with Crippen molar-refractivity contribution in [2.24, 2.45) is 0 Å². The maximum atomic E-state index is 12.3. The number of benzene rings is 1. The van der Waals surface area contributed by atoms with E-state index in [0.717, 1.165) is 12.0 Å². The molecule has 1 rings (SSSR count). The number of rotatable bonds is 30.